The van der Waals surface area contributed by atoms with E-state index >= 15 is 0 Å². The Bertz CT molecular complexity index is 756. The number of thioether (sulfide) groups is 1. The summed E-state index contributed by atoms with van der Waals surface area (Å²) in [6.07, 6.45) is 1.70. The van der Waals surface area contributed by atoms with Crippen LogP contribution in [0.15, 0.2) is 64.8 Å². The van der Waals surface area contributed by atoms with Crippen LogP contribution in [0.2, 0.25) is 0 Å². The van der Waals surface area contributed by atoms with Gasteiger partial charge in [-0.25, -0.2) is 0 Å². The number of carbonyl (C=O) groups is 1. The van der Waals surface area contributed by atoms with E-state index in [0.717, 1.165) is 11.1 Å². The van der Waals surface area contributed by atoms with Gasteiger partial charge in [0.15, 0.2) is 5.17 Å². The normalized spacial score (nSPS) is 16.7. The molecule has 2 aromatic carbocycles. The van der Waals surface area contributed by atoms with Crippen LogP contribution >= 0.6 is 11.8 Å². The van der Waals surface area contributed by atoms with Crippen molar-refractivity contribution in [1.82, 2.24) is 4.90 Å². The van der Waals surface area contributed by atoms with Gasteiger partial charge in [-0.15, -0.1) is 5.10 Å². The highest BCUT2D eigenvalue weighted by Gasteiger charge is 2.28. The van der Waals surface area contributed by atoms with E-state index in [0.29, 0.717) is 17.5 Å². The monoisotopic (exact) mass is 323 g/mol. The lowest BCUT2D eigenvalue weighted by molar-refractivity contribution is -0.124. The number of amides is 1. The second kappa shape index (κ2) is 7.24. The first kappa shape index (κ1) is 15.5. The molecule has 0 spiro atoms. The molecule has 0 unspecified atom stereocenters. The summed E-state index contributed by atoms with van der Waals surface area (Å²) in [4.78, 5) is 13.8. The smallest absolute Gasteiger partial charge is 0.239 e. The van der Waals surface area contributed by atoms with E-state index in [1.807, 2.05) is 61.5 Å². The number of hydrogen-bond donors (Lipinski definition) is 0. The maximum absolute atomic E-state index is 12.1. The zero-order valence-corrected chi connectivity index (χ0v) is 13.7. The van der Waals surface area contributed by atoms with Crippen LogP contribution in [0.4, 0.5) is 0 Å². The van der Waals surface area contributed by atoms with Crippen molar-refractivity contribution in [3.05, 3.63) is 71.3 Å². The molecule has 0 aliphatic carbocycles. The summed E-state index contributed by atoms with van der Waals surface area (Å²) in [6, 6.07) is 17.9. The predicted octanol–water partition coefficient (Wildman–Crippen LogP) is 3.46. The van der Waals surface area contributed by atoms with E-state index in [4.69, 9.17) is 0 Å². The van der Waals surface area contributed by atoms with Gasteiger partial charge in [0.05, 0.1) is 18.5 Å². The van der Waals surface area contributed by atoms with Crippen molar-refractivity contribution in [3.63, 3.8) is 0 Å². The molecule has 23 heavy (non-hydrogen) atoms. The second-order valence-corrected chi connectivity index (χ2v) is 6.18. The number of carbonyl (C=O) groups excluding carboxylic acids is 1. The third-order valence-electron chi connectivity index (χ3n) is 3.60. The molecule has 0 N–H and O–H groups in total. The van der Waals surface area contributed by atoms with Crippen molar-refractivity contribution in [3.8, 4) is 0 Å². The summed E-state index contributed by atoms with van der Waals surface area (Å²) in [5.41, 5.74) is 3.28. The number of aryl methyl sites for hydroxylation is 1. The zero-order chi connectivity index (χ0) is 16.1. The molecule has 1 heterocycles. The highest BCUT2D eigenvalue weighted by atomic mass is 32.2. The molecule has 5 heteroatoms. The molecule has 1 aliphatic rings. The molecule has 4 nitrogen and oxygen atoms in total. The topological polar surface area (TPSA) is 45.0 Å². The molecule has 1 fully saturated rings. The van der Waals surface area contributed by atoms with Gasteiger partial charge in [0.1, 0.15) is 0 Å². The van der Waals surface area contributed by atoms with Crippen LogP contribution in [-0.4, -0.2) is 27.9 Å². The maximum Gasteiger partial charge on any atom is 0.239 e. The highest BCUT2D eigenvalue weighted by molar-refractivity contribution is 8.15. The molecule has 0 atom stereocenters. The standard InChI is InChI=1S/C18H17N3OS/c1-14-7-5-6-10-16(14)12-21-17(22)13-23-18(21)20-19-11-15-8-3-2-4-9-15/h2-11H,12-13H2,1H3/b19-11+,20-18+. The van der Waals surface area contributed by atoms with Crippen molar-refractivity contribution in [2.45, 2.75) is 13.5 Å². The zero-order valence-electron chi connectivity index (χ0n) is 12.8. The number of benzene rings is 2. The Morgan fingerprint density at radius 3 is 2.65 bits per heavy atom. The lowest BCUT2D eigenvalue weighted by Gasteiger charge is -2.16. The Morgan fingerprint density at radius 2 is 1.87 bits per heavy atom. The second-order valence-electron chi connectivity index (χ2n) is 5.23. The minimum Gasteiger partial charge on any atom is -0.285 e. The van der Waals surface area contributed by atoms with Gasteiger partial charge in [-0.3, -0.25) is 9.69 Å². The fraction of sp³-hybridized carbons (Fsp3) is 0.167. The fourth-order valence-corrected chi connectivity index (χ4v) is 3.10. The lowest BCUT2D eigenvalue weighted by atomic mass is 10.1. The van der Waals surface area contributed by atoms with Crippen molar-refractivity contribution in [1.29, 1.82) is 0 Å². The molecule has 0 saturated carbocycles. The molecule has 0 radical (unpaired) electrons. The van der Waals surface area contributed by atoms with Crippen molar-refractivity contribution < 1.29 is 4.79 Å². The summed E-state index contributed by atoms with van der Waals surface area (Å²) >= 11 is 1.43. The Hall–Kier alpha value is -2.40. The van der Waals surface area contributed by atoms with E-state index < -0.39 is 0 Å². The van der Waals surface area contributed by atoms with Gasteiger partial charge < -0.3 is 0 Å². The van der Waals surface area contributed by atoms with Crippen molar-refractivity contribution in [2.75, 3.05) is 5.75 Å². The Morgan fingerprint density at radius 1 is 1.13 bits per heavy atom. The molecule has 3 rings (SSSR count). The first-order valence-corrected chi connectivity index (χ1v) is 8.36. The van der Waals surface area contributed by atoms with Crippen LogP contribution in [0.5, 0.6) is 0 Å². The maximum atomic E-state index is 12.1. The van der Waals surface area contributed by atoms with Gasteiger partial charge in [0.2, 0.25) is 5.91 Å². The SMILES string of the molecule is Cc1ccccc1CN1C(=O)CS/C1=N/N=C/c1ccccc1. The van der Waals surface area contributed by atoms with Crippen LogP contribution in [0.3, 0.4) is 0 Å². The van der Waals surface area contributed by atoms with Gasteiger partial charge in [-0.05, 0) is 23.6 Å². The minimum absolute atomic E-state index is 0.0758. The quantitative estimate of drug-likeness (QED) is 0.639. The van der Waals surface area contributed by atoms with Crippen LogP contribution < -0.4 is 0 Å². The van der Waals surface area contributed by atoms with Gasteiger partial charge in [-0.2, -0.15) is 5.10 Å². The van der Waals surface area contributed by atoms with Crippen molar-refractivity contribution in [2.24, 2.45) is 10.2 Å². The average molecular weight is 323 g/mol. The largest absolute Gasteiger partial charge is 0.285 e. The highest BCUT2D eigenvalue weighted by Crippen LogP contribution is 2.23. The number of rotatable bonds is 4. The minimum atomic E-state index is 0.0758. The lowest BCUT2D eigenvalue weighted by Crippen LogP contribution is -2.29. The van der Waals surface area contributed by atoms with Gasteiger partial charge in [0, 0.05) is 0 Å². The van der Waals surface area contributed by atoms with E-state index in [1.54, 1.807) is 11.1 Å². The van der Waals surface area contributed by atoms with Gasteiger partial charge in [0.25, 0.3) is 0 Å². The summed E-state index contributed by atoms with van der Waals surface area (Å²) in [5.74, 6) is 0.498. The fourth-order valence-electron chi connectivity index (χ4n) is 2.27. The molecule has 1 saturated heterocycles. The Labute approximate surface area is 139 Å². The molecular weight excluding hydrogens is 306 g/mol. The third kappa shape index (κ3) is 3.87. The number of hydrogen-bond acceptors (Lipinski definition) is 4. The molecular formula is C18H17N3OS. The third-order valence-corrected chi connectivity index (χ3v) is 4.55. The van der Waals surface area contributed by atoms with Crippen LogP contribution in [0.25, 0.3) is 0 Å². The van der Waals surface area contributed by atoms with Gasteiger partial charge >= 0.3 is 0 Å². The molecule has 116 valence electrons. The number of nitrogens with zero attached hydrogens (tertiary/aromatic N) is 3. The van der Waals surface area contributed by atoms with Gasteiger partial charge in [-0.1, -0.05) is 66.4 Å². The Balaban J connectivity index is 1.76. The first-order valence-electron chi connectivity index (χ1n) is 7.38. The predicted molar refractivity (Wildman–Crippen MR) is 95.7 cm³/mol. The van der Waals surface area contributed by atoms with Crippen LogP contribution in [0.1, 0.15) is 16.7 Å². The van der Waals surface area contributed by atoms with E-state index in [2.05, 4.69) is 10.2 Å². The molecule has 0 bridgehead atoms. The molecule has 1 amide bonds. The number of amidine groups is 1. The van der Waals surface area contributed by atoms with Crippen LogP contribution in [-0.2, 0) is 11.3 Å². The molecule has 0 aromatic heterocycles. The van der Waals surface area contributed by atoms with E-state index in [-0.39, 0.29) is 5.91 Å². The van der Waals surface area contributed by atoms with E-state index in [1.165, 1.54) is 17.3 Å². The Kier molecular flexibility index (Phi) is 4.88. The average Bonchev–Trinajstić information content (AvgIpc) is 2.91. The summed E-state index contributed by atoms with van der Waals surface area (Å²) in [6.45, 7) is 2.59. The summed E-state index contributed by atoms with van der Waals surface area (Å²) in [7, 11) is 0. The molecule has 1 aliphatic heterocycles. The van der Waals surface area contributed by atoms with E-state index in [9.17, 15) is 4.79 Å². The summed E-state index contributed by atoms with van der Waals surface area (Å²) in [5, 5.41) is 9.01. The van der Waals surface area contributed by atoms with Crippen molar-refractivity contribution >= 4 is 29.1 Å². The molecule has 2 aromatic rings. The summed E-state index contributed by atoms with van der Waals surface area (Å²) < 4.78 is 0. The van der Waals surface area contributed by atoms with Crippen LogP contribution in [0, 0.1) is 6.92 Å². The first-order chi connectivity index (χ1) is 11.2.